The fraction of sp³-hybridized carbons (Fsp3) is 0.143. The zero-order chi connectivity index (χ0) is 13.4. The highest BCUT2D eigenvalue weighted by molar-refractivity contribution is 6.16. The first-order valence-corrected chi connectivity index (χ1v) is 5.67. The number of ether oxygens (including phenoxy) is 2. The molecule has 3 rings (SSSR count). The maximum absolute atomic E-state index is 11.8. The van der Waals surface area contributed by atoms with Crippen molar-refractivity contribution in [2.24, 2.45) is 0 Å². The second-order valence-corrected chi connectivity index (χ2v) is 3.98. The van der Waals surface area contributed by atoms with Crippen LogP contribution < -0.4 is 4.74 Å². The first kappa shape index (κ1) is 11.5. The van der Waals surface area contributed by atoms with Gasteiger partial charge in [-0.25, -0.2) is 4.79 Å². The number of aromatic nitrogens is 1. The fourth-order valence-electron chi connectivity index (χ4n) is 2.14. The minimum absolute atomic E-state index is 0.417. The minimum Gasteiger partial charge on any atom is -0.493 e. The summed E-state index contributed by atoms with van der Waals surface area (Å²) in [6.45, 7) is 0. The van der Waals surface area contributed by atoms with E-state index in [4.69, 9.17) is 13.9 Å². The average Bonchev–Trinajstić information content (AvgIpc) is 2.85. The van der Waals surface area contributed by atoms with Crippen molar-refractivity contribution in [1.29, 1.82) is 0 Å². The molecule has 5 nitrogen and oxygen atoms in total. The number of methoxy groups -OCH3 is 2. The van der Waals surface area contributed by atoms with Gasteiger partial charge in [0.05, 0.1) is 19.8 Å². The van der Waals surface area contributed by atoms with Crippen molar-refractivity contribution in [1.82, 2.24) is 4.98 Å². The monoisotopic (exact) mass is 257 g/mol. The zero-order valence-corrected chi connectivity index (χ0v) is 10.5. The van der Waals surface area contributed by atoms with E-state index in [1.54, 1.807) is 37.7 Å². The first-order valence-electron chi connectivity index (χ1n) is 5.67. The van der Waals surface area contributed by atoms with Gasteiger partial charge in [-0.2, -0.15) is 0 Å². The number of esters is 1. The lowest BCUT2D eigenvalue weighted by Gasteiger charge is -2.04. The molecule has 0 spiro atoms. The molecule has 0 bridgehead atoms. The molecule has 3 aromatic rings. The molecule has 0 aliphatic carbocycles. The van der Waals surface area contributed by atoms with Gasteiger partial charge in [-0.3, -0.25) is 4.98 Å². The summed E-state index contributed by atoms with van der Waals surface area (Å²) in [5, 5.41) is 1.42. The second kappa shape index (κ2) is 4.28. The Morgan fingerprint density at radius 1 is 1.26 bits per heavy atom. The quantitative estimate of drug-likeness (QED) is 0.660. The number of fused-ring (bicyclic) bond motifs is 3. The van der Waals surface area contributed by atoms with Crippen LogP contribution in [0, 0.1) is 0 Å². The van der Waals surface area contributed by atoms with Crippen molar-refractivity contribution >= 4 is 27.9 Å². The number of carbonyl (C=O) groups excluding carboxylic acids is 1. The number of carbonyl (C=O) groups is 1. The Morgan fingerprint density at radius 2 is 2.11 bits per heavy atom. The third-order valence-electron chi connectivity index (χ3n) is 3.01. The van der Waals surface area contributed by atoms with Crippen molar-refractivity contribution in [2.45, 2.75) is 0 Å². The SMILES string of the molecule is COC(=O)c1ccc(OC)c2oc3ccncc3c12. The molecule has 0 aliphatic rings. The Kier molecular flexibility index (Phi) is 2.59. The van der Waals surface area contributed by atoms with Crippen LogP contribution in [0.4, 0.5) is 0 Å². The van der Waals surface area contributed by atoms with Crippen LogP contribution in [0.15, 0.2) is 35.0 Å². The summed E-state index contributed by atoms with van der Waals surface area (Å²) in [6, 6.07) is 5.09. The van der Waals surface area contributed by atoms with E-state index in [1.165, 1.54) is 7.11 Å². The van der Waals surface area contributed by atoms with Crippen molar-refractivity contribution in [3.8, 4) is 5.75 Å². The van der Waals surface area contributed by atoms with E-state index in [1.807, 2.05) is 0 Å². The van der Waals surface area contributed by atoms with Crippen LogP contribution in [-0.4, -0.2) is 25.2 Å². The van der Waals surface area contributed by atoms with E-state index >= 15 is 0 Å². The molecule has 0 atom stereocenters. The highest BCUT2D eigenvalue weighted by Crippen LogP contribution is 2.36. The number of pyridine rings is 1. The molecule has 0 aliphatic heterocycles. The van der Waals surface area contributed by atoms with Crippen molar-refractivity contribution < 1.29 is 18.7 Å². The predicted octanol–water partition coefficient (Wildman–Crippen LogP) is 2.78. The summed E-state index contributed by atoms with van der Waals surface area (Å²) in [6.07, 6.45) is 3.29. The summed E-state index contributed by atoms with van der Waals surface area (Å²) in [5.74, 6) is 0.151. The minimum atomic E-state index is -0.417. The molecule has 0 N–H and O–H groups in total. The Hall–Kier alpha value is -2.56. The largest absolute Gasteiger partial charge is 0.493 e. The summed E-state index contributed by atoms with van der Waals surface area (Å²) < 4.78 is 15.8. The topological polar surface area (TPSA) is 61.6 Å². The Morgan fingerprint density at radius 3 is 2.84 bits per heavy atom. The van der Waals surface area contributed by atoms with Crippen LogP contribution in [0.3, 0.4) is 0 Å². The van der Waals surface area contributed by atoms with Gasteiger partial charge in [0.1, 0.15) is 5.58 Å². The molecule has 0 saturated carbocycles. The molecule has 0 fully saturated rings. The second-order valence-electron chi connectivity index (χ2n) is 3.98. The normalized spacial score (nSPS) is 10.8. The van der Waals surface area contributed by atoms with Gasteiger partial charge < -0.3 is 13.9 Å². The van der Waals surface area contributed by atoms with E-state index in [0.29, 0.717) is 27.9 Å². The smallest absolute Gasteiger partial charge is 0.338 e. The van der Waals surface area contributed by atoms with Crippen LogP contribution in [0.25, 0.3) is 21.9 Å². The molecule has 2 heterocycles. The highest BCUT2D eigenvalue weighted by Gasteiger charge is 2.19. The van der Waals surface area contributed by atoms with Crippen molar-refractivity contribution in [3.05, 3.63) is 36.2 Å². The number of nitrogens with zero attached hydrogens (tertiary/aromatic N) is 1. The molecular weight excluding hydrogens is 246 g/mol. The molecule has 0 unspecified atom stereocenters. The first-order chi connectivity index (χ1) is 9.26. The Labute approximate surface area is 108 Å². The molecule has 5 heteroatoms. The number of hydrogen-bond donors (Lipinski definition) is 0. The maximum atomic E-state index is 11.8. The highest BCUT2D eigenvalue weighted by atomic mass is 16.5. The van der Waals surface area contributed by atoms with Crippen LogP contribution in [0.2, 0.25) is 0 Å². The molecule has 1 aromatic carbocycles. The third-order valence-corrected chi connectivity index (χ3v) is 3.01. The molecule has 19 heavy (non-hydrogen) atoms. The van der Waals surface area contributed by atoms with Gasteiger partial charge in [0.15, 0.2) is 11.3 Å². The molecule has 2 aromatic heterocycles. The lowest BCUT2D eigenvalue weighted by atomic mass is 10.1. The van der Waals surface area contributed by atoms with E-state index in [2.05, 4.69) is 4.98 Å². The summed E-state index contributed by atoms with van der Waals surface area (Å²) >= 11 is 0. The number of hydrogen-bond acceptors (Lipinski definition) is 5. The van der Waals surface area contributed by atoms with Gasteiger partial charge >= 0.3 is 5.97 Å². The van der Waals surface area contributed by atoms with Gasteiger partial charge in [-0.15, -0.1) is 0 Å². The van der Waals surface area contributed by atoms with Gasteiger partial charge in [0.2, 0.25) is 0 Å². The number of rotatable bonds is 2. The lowest BCUT2D eigenvalue weighted by Crippen LogP contribution is -2.01. The molecule has 96 valence electrons. The molecule has 0 radical (unpaired) electrons. The van der Waals surface area contributed by atoms with Gasteiger partial charge in [-0.1, -0.05) is 0 Å². The summed E-state index contributed by atoms with van der Waals surface area (Å²) in [7, 11) is 2.90. The van der Waals surface area contributed by atoms with Crippen LogP contribution >= 0.6 is 0 Å². The van der Waals surface area contributed by atoms with E-state index in [9.17, 15) is 4.79 Å². The summed E-state index contributed by atoms with van der Waals surface area (Å²) in [5.41, 5.74) is 1.61. The fourth-order valence-corrected chi connectivity index (χ4v) is 2.14. The van der Waals surface area contributed by atoms with Crippen molar-refractivity contribution in [3.63, 3.8) is 0 Å². The molecule has 0 amide bonds. The van der Waals surface area contributed by atoms with E-state index in [-0.39, 0.29) is 0 Å². The zero-order valence-electron chi connectivity index (χ0n) is 10.5. The van der Waals surface area contributed by atoms with Gasteiger partial charge in [0.25, 0.3) is 0 Å². The lowest BCUT2D eigenvalue weighted by molar-refractivity contribution is 0.0603. The van der Waals surface area contributed by atoms with Crippen molar-refractivity contribution in [2.75, 3.05) is 14.2 Å². The number of benzene rings is 1. The predicted molar refractivity (Wildman–Crippen MR) is 69.4 cm³/mol. The third kappa shape index (κ3) is 1.62. The van der Waals surface area contributed by atoms with E-state index in [0.717, 1.165) is 5.39 Å². The van der Waals surface area contributed by atoms with Crippen LogP contribution in [-0.2, 0) is 4.74 Å². The molecule has 0 saturated heterocycles. The maximum Gasteiger partial charge on any atom is 0.338 e. The number of furan rings is 1. The average molecular weight is 257 g/mol. The molecular formula is C14H11NO4. The summed E-state index contributed by atoms with van der Waals surface area (Å²) in [4.78, 5) is 15.9. The Balaban J connectivity index is 2.49. The van der Waals surface area contributed by atoms with E-state index < -0.39 is 5.97 Å². The Bertz CT molecular complexity index is 776. The van der Waals surface area contributed by atoms with Crippen LogP contribution in [0.1, 0.15) is 10.4 Å². The van der Waals surface area contributed by atoms with Crippen LogP contribution in [0.5, 0.6) is 5.75 Å². The standard InChI is InChI=1S/C14H11NO4/c1-17-11-4-3-8(14(16)18-2)12-9-7-15-6-5-10(9)19-13(11)12/h3-7H,1-2H3. The van der Waals surface area contributed by atoms with Gasteiger partial charge in [0, 0.05) is 23.2 Å². The van der Waals surface area contributed by atoms with Gasteiger partial charge in [-0.05, 0) is 18.2 Å².